The molecule has 0 aliphatic rings. The molecule has 1 aromatic heterocycles. The number of carbonyl (C=O) groups is 1. The highest BCUT2D eigenvalue weighted by atomic mass is 32.2. The molecule has 0 aliphatic heterocycles. The van der Waals surface area contributed by atoms with E-state index in [0.29, 0.717) is 0 Å². The molecule has 11 heteroatoms. The molecule has 1 heterocycles. The number of amides is 1. The van der Waals surface area contributed by atoms with E-state index in [1.54, 1.807) is 0 Å². The normalized spacial score (nSPS) is 12.9. The SMILES string of the molecule is CN(C)c1ccc(C(CNC(=O)c2cccc(S(=O)(=O)NCC(F)(F)F)c2)c2c[nH]c3ccccc23)cc1. The first kappa shape index (κ1) is 27.2. The van der Waals surface area contributed by atoms with Crippen LogP contribution in [0.15, 0.2) is 83.9 Å². The van der Waals surface area contributed by atoms with Gasteiger partial charge in [0.05, 0.1) is 4.90 Å². The number of nitrogens with one attached hydrogen (secondary N) is 3. The summed E-state index contributed by atoms with van der Waals surface area (Å²) in [5, 5.41) is 3.87. The van der Waals surface area contributed by atoms with Crippen molar-refractivity contribution in [2.75, 3.05) is 32.1 Å². The highest BCUT2D eigenvalue weighted by Gasteiger charge is 2.30. The maximum absolute atomic E-state index is 13.0. The number of aromatic amines is 1. The monoisotopic (exact) mass is 544 g/mol. The number of fused-ring (bicyclic) bond motifs is 1. The number of sulfonamides is 1. The molecule has 1 amide bonds. The molecule has 1 unspecified atom stereocenters. The van der Waals surface area contributed by atoms with Crippen LogP contribution >= 0.6 is 0 Å². The summed E-state index contributed by atoms with van der Waals surface area (Å²) in [7, 11) is -0.565. The second-order valence-electron chi connectivity index (χ2n) is 9.01. The number of nitrogens with zero attached hydrogens (tertiary/aromatic N) is 1. The van der Waals surface area contributed by atoms with Gasteiger partial charge in [0.2, 0.25) is 10.0 Å². The van der Waals surface area contributed by atoms with Crippen LogP contribution in [0.4, 0.5) is 18.9 Å². The maximum atomic E-state index is 13.0. The summed E-state index contributed by atoms with van der Waals surface area (Å²) in [4.78, 5) is 17.8. The molecule has 3 aromatic carbocycles. The zero-order valence-corrected chi connectivity index (χ0v) is 21.5. The molecule has 0 saturated carbocycles. The third-order valence-corrected chi connectivity index (χ3v) is 7.54. The van der Waals surface area contributed by atoms with Crippen molar-refractivity contribution >= 4 is 32.5 Å². The van der Waals surface area contributed by atoms with Gasteiger partial charge in [-0.15, -0.1) is 0 Å². The number of H-pyrrole nitrogens is 1. The lowest BCUT2D eigenvalue weighted by Crippen LogP contribution is -2.34. The van der Waals surface area contributed by atoms with Gasteiger partial charge in [0, 0.05) is 54.9 Å². The molecule has 4 rings (SSSR count). The fraction of sp³-hybridized carbons (Fsp3) is 0.222. The summed E-state index contributed by atoms with van der Waals surface area (Å²) >= 11 is 0. The van der Waals surface area contributed by atoms with Gasteiger partial charge in [-0.05, 0) is 47.5 Å². The molecule has 0 fully saturated rings. The van der Waals surface area contributed by atoms with E-state index in [2.05, 4.69) is 10.3 Å². The number of halogens is 3. The Morgan fingerprint density at radius 3 is 2.39 bits per heavy atom. The minimum Gasteiger partial charge on any atom is -0.378 e. The lowest BCUT2D eigenvalue weighted by molar-refractivity contribution is -0.121. The predicted octanol–water partition coefficient (Wildman–Crippen LogP) is 4.64. The molecule has 0 aliphatic carbocycles. The third kappa shape index (κ3) is 6.35. The summed E-state index contributed by atoms with van der Waals surface area (Å²) in [6.45, 7) is -1.50. The number of para-hydroxylation sites is 1. The number of aromatic nitrogens is 1. The third-order valence-electron chi connectivity index (χ3n) is 6.14. The van der Waals surface area contributed by atoms with E-state index < -0.39 is 33.5 Å². The molecule has 3 N–H and O–H groups in total. The van der Waals surface area contributed by atoms with Gasteiger partial charge in [0.1, 0.15) is 6.54 Å². The second kappa shape index (κ2) is 10.9. The molecule has 200 valence electrons. The highest BCUT2D eigenvalue weighted by Crippen LogP contribution is 2.31. The average molecular weight is 545 g/mol. The van der Waals surface area contributed by atoms with Crippen LogP contribution in [-0.2, 0) is 10.0 Å². The highest BCUT2D eigenvalue weighted by molar-refractivity contribution is 7.89. The topological polar surface area (TPSA) is 94.3 Å². The molecule has 0 saturated heterocycles. The van der Waals surface area contributed by atoms with Crippen molar-refractivity contribution in [1.29, 1.82) is 0 Å². The number of carbonyl (C=O) groups excluding carboxylic acids is 1. The van der Waals surface area contributed by atoms with Gasteiger partial charge in [0.25, 0.3) is 5.91 Å². The van der Waals surface area contributed by atoms with Crippen LogP contribution in [0.25, 0.3) is 10.9 Å². The van der Waals surface area contributed by atoms with Gasteiger partial charge in [-0.3, -0.25) is 4.79 Å². The van der Waals surface area contributed by atoms with E-state index in [9.17, 15) is 26.4 Å². The van der Waals surface area contributed by atoms with Gasteiger partial charge < -0.3 is 15.2 Å². The van der Waals surface area contributed by atoms with Crippen LogP contribution < -0.4 is 14.9 Å². The predicted molar refractivity (Wildman–Crippen MR) is 141 cm³/mol. The molecule has 0 spiro atoms. The lowest BCUT2D eigenvalue weighted by atomic mass is 9.90. The fourth-order valence-corrected chi connectivity index (χ4v) is 5.22. The summed E-state index contributed by atoms with van der Waals surface area (Å²) in [6.07, 6.45) is -2.80. The number of benzene rings is 3. The number of alkyl halides is 3. The van der Waals surface area contributed by atoms with Crippen LogP contribution in [0.1, 0.15) is 27.4 Å². The van der Waals surface area contributed by atoms with Crippen LogP contribution in [0.2, 0.25) is 0 Å². The van der Waals surface area contributed by atoms with Crippen LogP contribution in [0.5, 0.6) is 0 Å². The van der Waals surface area contributed by atoms with Crippen LogP contribution in [-0.4, -0.2) is 52.7 Å². The van der Waals surface area contributed by atoms with E-state index >= 15 is 0 Å². The summed E-state index contributed by atoms with van der Waals surface area (Å²) in [6, 6.07) is 20.7. The Morgan fingerprint density at radius 2 is 1.71 bits per heavy atom. The largest absolute Gasteiger partial charge is 0.402 e. The number of rotatable bonds is 9. The van der Waals surface area contributed by atoms with Gasteiger partial charge in [-0.2, -0.15) is 13.2 Å². The Morgan fingerprint density at radius 1 is 1.00 bits per heavy atom. The minimum absolute atomic E-state index is 0.0144. The van der Waals surface area contributed by atoms with Crippen LogP contribution in [0.3, 0.4) is 0 Å². The number of anilines is 1. The van der Waals surface area contributed by atoms with Crippen molar-refractivity contribution in [3.05, 3.63) is 95.7 Å². The van der Waals surface area contributed by atoms with E-state index in [4.69, 9.17) is 0 Å². The Bertz CT molecular complexity index is 1530. The van der Waals surface area contributed by atoms with E-state index in [1.165, 1.54) is 16.9 Å². The molecule has 7 nitrogen and oxygen atoms in total. The number of hydrogen-bond donors (Lipinski definition) is 3. The Kier molecular flexibility index (Phi) is 7.79. The Hall–Kier alpha value is -3.83. The molecular formula is C27H27F3N4O3S. The minimum atomic E-state index is -4.70. The molecule has 4 aromatic rings. The van der Waals surface area contributed by atoms with E-state index in [0.717, 1.165) is 39.8 Å². The van der Waals surface area contributed by atoms with Crippen molar-refractivity contribution in [2.45, 2.75) is 17.0 Å². The molecule has 38 heavy (non-hydrogen) atoms. The van der Waals surface area contributed by atoms with E-state index in [1.807, 2.05) is 73.7 Å². The summed E-state index contributed by atoms with van der Waals surface area (Å²) in [5.74, 6) is -0.778. The van der Waals surface area contributed by atoms with Crippen LogP contribution in [0, 0.1) is 0 Å². The molecule has 1 atom stereocenters. The molecule has 0 radical (unpaired) electrons. The van der Waals surface area contributed by atoms with Crippen molar-refractivity contribution in [1.82, 2.24) is 15.0 Å². The number of hydrogen-bond acceptors (Lipinski definition) is 4. The first-order chi connectivity index (χ1) is 17.9. The van der Waals surface area contributed by atoms with Gasteiger partial charge in [-0.25, -0.2) is 13.1 Å². The zero-order valence-electron chi connectivity index (χ0n) is 20.7. The summed E-state index contributed by atoms with van der Waals surface area (Å²) < 4.78 is 63.6. The Balaban J connectivity index is 1.58. The standard InChI is InChI=1S/C27H27F3N4O3S/c1-34(2)20-12-10-18(11-13-20)23(24-16-31-25-9-4-3-8-22(24)25)15-32-26(35)19-6-5-7-21(14-19)38(36,37)33-17-27(28,29)30/h3-14,16,23,31,33H,15,17H2,1-2H3,(H,32,35). The van der Waals surface area contributed by atoms with E-state index in [-0.39, 0.29) is 18.0 Å². The van der Waals surface area contributed by atoms with Gasteiger partial charge >= 0.3 is 6.18 Å². The molecule has 0 bridgehead atoms. The Labute approximate surface area is 218 Å². The summed E-state index contributed by atoms with van der Waals surface area (Å²) in [5.41, 5.74) is 3.93. The van der Waals surface area contributed by atoms with Gasteiger partial charge in [-0.1, -0.05) is 36.4 Å². The smallest absolute Gasteiger partial charge is 0.378 e. The second-order valence-corrected chi connectivity index (χ2v) is 10.8. The van der Waals surface area contributed by atoms with Crippen molar-refractivity contribution in [3.8, 4) is 0 Å². The quantitative estimate of drug-likeness (QED) is 0.286. The first-order valence-electron chi connectivity index (χ1n) is 11.7. The molecular weight excluding hydrogens is 517 g/mol. The maximum Gasteiger partial charge on any atom is 0.402 e. The average Bonchev–Trinajstić information content (AvgIpc) is 3.31. The van der Waals surface area contributed by atoms with Crippen molar-refractivity contribution in [2.24, 2.45) is 0 Å². The fourth-order valence-electron chi connectivity index (χ4n) is 4.16. The van der Waals surface area contributed by atoms with Crippen molar-refractivity contribution < 1.29 is 26.4 Å². The van der Waals surface area contributed by atoms with Crippen molar-refractivity contribution in [3.63, 3.8) is 0 Å². The zero-order chi connectivity index (χ0) is 27.5. The lowest BCUT2D eigenvalue weighted by Gasteiger charge is -2.20. The van der Waals surface area contributed by atoms with Gasteiger partial charge in [0.15, 0.2) is 0 Å². The first-order valence-corrected chi connectivity index (χ1v) is 13.2.